The second-order valence-corrected chi connectivity index (χ2v) is 9.01. The number of amides is 3. The second-order valence-electron chi connectivity index (χ2n) is 8.13. The minimum absolute atomic E-state index is 0.0259. The highest BCUT2D eigenvalue weighted by Gasteiger charge is 2.36. The molecule has 172 valence electrons. The molecule has 0 bridgehead atoms. The van der Waals surface area contributed by atoms with E-state index in [4.69, 9.17) is 4.74 Å². The molecule has 0 radical (unpaired) electrons. The van der Waals surface area contributed by atoms with Crippen LogP contribution in [0.2, 0.25) is 0 Å². The van der Waals surface area contributed by atoms with Crippen molar-refractivity contribution in [2.75, 3.05) is 11.4 Å². The lowest BCUT2D eigenvalue weighted by Gasteiger charge is -2.33. The predicted molar refractivity (Wildman–Crippen MR) is 123 cm³/mol. The third-order valence-electron chi connectivity index (χ3n) is 5.95. The number of imide groups is 1. The summed E-state index contributed by atoms with van der Waals surface area (Å²) in [5, 5.41) is 2.41. The molecule has 1 aliphatic heterocycles. The first-order valence-corrected chi connectivity index (χ1v) is 11.8. The molecule has 2 aromatic rings. The lowest BCUT2D eigenvalue weighted by Crippen LogP contribution is -2.47. The van der Waals surface area contributed by atoms with Crippen LogP contribution in [0.4, 0.5) is 5.13 Å². The fraction of sp³-hybridized carbons (Fsp3) is 0.375. The molecule has 1 aromatic carbocycles. The molecule has 2 aliphatic rings. The third-order valence-corrected chi connectivity index (χ3v) is 6.72. The van der Waals surface area contributed by atoms with Gasteiger partial charge in [-0.25, -0.2) is 9.78 Å². The quantitative estimate of drug-likeness (QED) is 0.349. The maximum Gasteiger partial charge on any atom is 0.338 e. The summed E-state index contributed by atoms with van der Waals surface area (Å²) in [4.78, 5) is 58.1. The summed E-state index contributed by atoms with van der Waals surface area (Å²) in [6.07, 6.45) is 7.07. The highest BCUT2D eigenvalue weighted by molar-refractivity contribution is 7.13. The summed E-state index contributed by atoms with van der Waals surface area (Å²) in [7, 11) is 0. The Morgan fingerprint density at radius 2 is 1.97 bits per heavy atom. The third kappa shape index (κ3) is 4.45. The number of anilines is 1. The van der Waals surface area contributed by atoms with Crippen molar-refractivity contribution >= 4 is 40.2 Å². The maximum absolute atomic E-state index is 13.3. The van der Waals surface area contributed by atoms with Gasteiger partial charge in [0, 0.05) is 24.2 Å². The van der Waals surface area contributed by atoms with Crippen LogP contribution in [0.1, 0.15) is 70.1 Å². The fourth-order valence-electron chi connectivity index (χ4n) is 4.29. The Bertz CT molecular complexity index is 1090. The molecule has 9 heteroatoms. The van der Waals surface area contributed by atoms with Gasteiger partial charge < -0.3 is 4.74 Å². The van der Waals surface area contributed by atoms with Crippen LogP contribution in [0.15, 0.2) is 42.4 Å². The van der Waals surface area contributed by atoms with E-state index in [1.54, 1.807) is 11.1 Å². The number of carbonyl (C=O) groups excluding carboxylic acids is 4. The van der Waals surface area contributed by atoms with Crippen molar-refractivity contribution in [3.8, 4) is 0 Å². The van der Waals surface area contributed by atoms with Gasteiger partial charge in [0.25, 0.3) is 17.7 Å². The highest BCUT2D eigenvalue weighted by atomic mass is 32.1. The number of esters is 1. The van der Waals surface area contributed by atoms with Gasteiger partial charge in [0.05, 0.1) is 16.7 Å². The summed E-state index contributed by atoms with van der Waals surface area (Å²) >= 11 is 1.38. The highest BCUT2D eigenvalue weighted by Crippen LogP contribution is 2.30. The van der Waals surface area contributed by atoms with Gasteiger partial charge in [-0.1, -0.05) is 25.3 Å². The topological polar surface area (TPSA) is 96.9 Å². The van der Waals surface area contributed by atoms with E-state index in [1.165, 1.54) is 42.5 Å². The number of thiazole rings is 1. The monoisotopic (exact) mass is 467 g/mol. The molecule has 33 heavy (non-hydrogen) atoms. The largest absolute Gasteiger partial charge is 0.449 e. The first-order chi connectivity index (χ1) is 15.9. The second kappa shape index (κ2) is 9.66. The zero-order valence-corrected chi connectivity index (χ0v) is 19.2. The number of nitrogens with zero attached hydrogens (tertiary/aromatic N) is 3. The Morgan fingerprint density at radius 1 is 1.24 bits per heavy atom. The molecule has 3 amide bonds. The minimum atomic E-state index is -1.04. The van der Waals surface area contributed by atoms with Crippen LogP contribution in [0.3, 0.4) is 0 Å². The van der Waals surface area contributed by atoms with Crippen LogP contribution in [-0.4, -0.2) is 52.3 Å². The number of hydrogen-bond acceptors (Lipinski definition) is 7. The van der Waals surface area contributed by atoms with Crippen molar-refractivity contribution in [2.24, 2.45) is 0 Å². The normalized spacial score (nSPS) is 16.9. The molecule has 4 rings (SSSR count). The van der Waals surface area contributed by atoms with Gasteiger partial charge in [-0.3, -0.25) is 24.2 Å². The van der Waals surface area contributed by atoms with Gasteiger partial charge in [0.2, 0.25) is 0 Å². The van der Waals surface area contributed by atoms with E-state index in [9.17, 15) is 19.2 Å². The van der Waals surface area contributed by atoms with Crippen molar-refractivity contribution in [3.63, 3.8) is 0 Å². The minimum Gasteiger partial charge on any atom is -0.449 e. The van der Waals surface area contributed by atoms with E-state index in [0.717, 1.165) is 37.0 Å². The number of carbonyl (C=O) groups is 4. The van der Waals surface area contributed by atoms with Gasteiger partial charge in [-0.15, -0.1) is 17.9 Å². The first kappa shape index (κ1) is 22.8. The van der Waals surface area contributed by atoms with Gasteiger partial charge in [0.15, 0.2) is 11.2 Å². The van der Waals surface area contributed by atoms with Gasteiger partial charge in [0.1, 0.15) is 0 Å². The lowest BCUT2D eigenvalue weighted by atomic mass is 9.94. The zero-order chi connectivity index (χ0) is 23.5. The molecule has 1 atom stereocenters. The number of benzene rings is 1. The van der Waals surface area contributed by atoms with E-state index in [-0.39, 0.29) is 35.2 Å². The molecule has 0 saturated heterocycles. The van der Waals surface area contributed by atoms with Gasteiger partial charge in [-0.2, -0.15) is 0 Å². The molecule has 1 fully saturated rings. The molecule has 1 aromatic heterocycles. The average Bonchev–Trinajstić information content (AvgIpc) is 3.43. The van der Waals surface area contributed by atoms with Crippen LogP contribution >= 0.6 is 11.3 Å². The van der Waals surface area contributed by atoms with Crippen molar-refractivity contribution < 1.29 is 23.9 Å². The Balaban J connectivity index is 1.50. The molecule has 2 heterocycles. The fourth-order valence-corrected chi connectivity index (χ4v) is 5.01. The van der Waals surface area contributed by atoms with E-state index in [2.05, 4.69) is 11.6 Å². The van der Waals surface area contributed by atoms with Gasteiger partial charge >= 0.3 is 5.97 Å². The van der Waals surface area contributed by atoms with Crippen molar-refractivity contribution in [1.82, 2.24) is 9.88 Å². The summed E-state index contributed by atoms with van der Waals surface area (Å²) in [6, 6.07) is 4.24. The van der Waals surface area contributed by atoms with Crippen molar-refractivity contribution in [2.45, 2.75) is 51.2 Å². The van der Waals surface area contributed by atoms with Crippen LogP contribution in [0.25, 0.3) is 0 Å². The first-order valence-electron chi connectivity index (χ1n) is 11.0. The van der Waals surface area contributed by atoms with Crippen LogP contribution < -0.4 is 4.90 Å². The SMILES string of the molecule is C=CCN1C(=O)c2ccc(C(=O)OC(C)C(=O)N(c3nccs3)C3CCCCC3)cc2C1=O. The smallest absolute Gasteiger partial charge is 0.338 e. The number of aromatic nitrogens is 1. The number of ether oxygens (including phenoxy) is 1. The van der Waals surface area contributed by atoms with Crippen LogP contribution in [0.5, 0.6) is 0 Å². The Morgan fingerprint density at radius 3 is 2.64 bits per heavy atom. The Hall–Kier alpha value is -3.33. The van der Waals surface area contributed by atoms with E-state index in [1.807, 2.05) is 5.38 Å². The summed E-state index contributed by atoms with van der Waals surface area (Å²) in [5.41, 5.74) is 0.477. The molecule has 1 saturated carbocycles. The molecule has 1 aliphatic carbocycles. The van der Waals surface area contributed by atoms with E-state index in [0.29, 0.717) is 5.13 Å². The Labute approximate surface area is 195 Å². The molecule has 1 unspecified atom stereocenters. The average molecular weight is 468 g/mol. The van der Waals surface area contributed by atoms with Gasteiger partial charge in [-0.05, 0) is 38.0 Å². The lowest BCUT2D eigenvalue weighted by molar-refractivity contribution is -0.127. The van der Waals surface area contributed by atoms with E-state index < -0.39 is 23.9 Å². The molecule has 0 N–H and O–H groups in total. The molecule has 8 nitrogen and oxygen atoms in total. The number of rotatable bonds is 7. The summed E-state index contributed by atoms with van der Waals surface area (Å²) in [6.45, 7) is 5.19. The standard InChI is InChI=1S/C24H25N3O5S/c1-3-12-26-21(29)18-10-9-16(14-19(18)22(26)30)23(31)32-15(2)20(28)27(24-25-11-13-33-24)17-7-5-4-6-8-17/h3,9-11,13-15,17H,1,4-8,12H2,2H3. The molecule has 0 spiro atoms. The number of fused-ring (bicyclic) bond motifs is 1. The van der Waals surface area contributed by atoms with E-state index >= 15 is 0 Å². The van der Waals surface area contributed by atoms with Crippen molar-refractivity contribution in [3.05, 3.63) is 59.1 Å². The summed E-state index contributed by atoms with van der Waals surface area (Å²) in [5.74, 6) is -1.97. The molecular formula is C24H25N3O5S. The van der Waals surface area contributed by atoms with Crippen LogP contribution in [-0.2, 0) is 9.53 Å². The predicted octanol–water partition coefficient (Wildman–Crippen LogP) is 3.84. The molecular weight excluding hydrogens is 442 g/mol. The van der Waals surface area contributed by atoms with Crippen LogP contribution in [0, 0.1) is 0 Å². The zero-order valence-electron chi connectivity index (χ0n) is 18.4. The maximum atomic E-state index is 13.3. The van der Waals surface area contributed by atoms with Crippen molar-refractivity contribution in [1.29, 1.82) is 0 Å². The summed E-state index contributed by atoms with van der Waals surface area (Å²) < 4.78 is 5.48. The Kier molecular flexibility index (Phi) is 6.69. The number of hydrogen-bond donors (Lipinski definition) is 0.